The Labute approximate surface area is 192 Å². The number of benzene rings is 1. The number of fused-ring (bicyclic) bond motifs is 2. The van der Waals surface area contributed by atoms with Crippen molar-refractivity contribution in [2.75, 3.05) is 6.54 Å². The fourth-order valence-electron chi connectivity index (χ4n) is 5.65. The van der Waals surface area contributed by atoms with Gasteiger partial charge in [-0.05, 0) is 51.0 Å². The van der Waals surface area contributed by atoms with Gasteiger partial charge in [0.15, 0.2) is 0 Å². The first kappa shape index (κ1) is 22.7. The first-order valence-electron chi connectivity index (χ1n) is 12.0. The second kappa shape index (κ2) is 9.27. The standard InChI is InChI=1S/C24H32F2N4O3/c1-15-27-29(24(32)30(15)17-6-7-17)13-20(31)12-28-18-8-9-19(28)11-21(10-18)33-14-16-4-2-3-5-22(16)23(25)26/h2-5,17-21,23,31H,6-14H2,1H3/t18?,19?,20-,21?/m0/s1. The first-order chi connectivity index (χ1) is 15.9. The quantitative estimate of drug-likeness (QED) is 0.620. The Kier molecular flexibility index (Phi) is 6.37. The SMILES string of the molecule is Cc1nn(C[C@@H](O)CN2C3CCC2CC(OCc2ccccc2C(F)F)C3)c(=O)n1C1CC1. The summed E-state index contributed by atoms with van der Waals surface area (Å²) in [5.74, 6) is 0.709. The van der Waals surface area contributed by atoms with E-state index in [0.717, 1.165) is 38.5 Å². The lowest BCUT2D eigenvalue weighted by molar-refractivity contribution is -0.0409. The molecule has 180 valence electrons. The fraction of sp³-hybridized carbons (Fsp3) is 0.667. The average Bonchev–Trinajstić information content (AvgIpc) is 3.54. The summed E-state index contributed by atoms with van der Waals surface area (Å²) in [4.78, 5) is 15.0. The molecular formula is C24H32F2N4O3. The molecule has 1 saturated carbocycles. The maximum absolute atomic E-state index is 13.2. The molecule has 2 aromatic rings. The smallest absolute Gasteiger partial charge is 0.346 e. The van der Waals surface area contributed by atoms with Crippen molar-refractivity contribution in [2.24, 2.45) is 0 Å². The van der Waals surface area contributed by atoms with Gasteiger partial charge in [-0.3, -0.25) is 9.47 Å². The number of halogens is 2. The van der Waals surface area contributed by atoms with Crippen molar-refractivity contribution >= 4 is 0 Å². The maximum Gasteiger partial charge on any atom is 0.346 e. The molecule has 2 bridgehead atoms. The molecule has 1 aliphatic carbocycles. The van der Waals surface area contributed by atoms with E-state index in [1.807, 2.05) is 6.92 Å². The Hall–Kier alpha value is -2.10. The molecule has 3 heterocycles. The number of piperidine rings is 1. The third kappa shape index (κ3) is 4.76. The highest BCUT2D eigenvalue weighted by Gasteiger charge is 2.42. The van der Waals surface area contributed by atoms with Crippen molar-refractivity contribution in [3.63, 3.8) is 0 Å². The van der Waals surface area contributed by atoms with Crippen molar-refractivity contribution in [3.8, 4) is 0 Å². The van der Waals surface area contributed by atoms with Crippen LogP contribution in [-0.2, 0) is 17.9 Å². The molecular weight excluding hydrogens is 430 g/mol. The summed E-state index contributed by atoms with van der Waals surface area (Å²) in [7, 11) is 0. The molecule has 3 fully saturated rings. The molecule has 0 radical (unpaired) electrons. The predicted molar refractivity (Wildman–Crippen MR) is 118 cm³/mol. The topological polar surface area (TPSA) is 72.5 Å². The van der Waals surface area contributed by atoms with E-state index in [2.05, 4.69) is 10.00 Å². The van der Waals surface area contributed by atoms with Gasteiger partial charge < -0.3 is 9.84 Å². The molecule has 3 aliphatic rings. The van der Waals surface area contributed by atoms with Crippen LogP contribution < -0.4 is 5.69 Å². The summed E-state index contributed by atoms with van der Waals surface area (Å²) in [6.07, 6.45) is 2.62. The molecule has 7 nitrogen and oxygen atoms in total. The van der Waals surface area contributed by atoms with E-state index in [1.54, 1.807) is 22.8 Å². The van der Waals surface area contributed by atoms with E-state index in [9.17, 15) is 18.7 Å². The highest BCUT2D eigenvalue weighted by molar-refractivity contribution is 5.27. The van der Waals surface area contributed by atoms with Crippen LogP contribution in [-0.4, -0.2) is 55.2 Å². The second-order valence-electron chi connectivity index (χ2n) is 9.75. The van der Waals surface area contributed by atoms with Gasteiger partial charge in [0.05, 0.1) is 25.4 Å². The van der Waals surface area contributed by atoms with Crippen LogP contribution in [0.5, 0.6) is 0 Å². The zero-order chi connectivity index (χ0) is 23.1. The summed E-state index contributed by atoms with van der Waals surface area (Å²) >= 11 is 0. The van der Waals surface area contributed by atoms with Gasteiger partial charge in [0, 0.05) is 30.2 Å². The van der Waals surface area contributed by atoms with Gasteiger partial charge in [-0.2, -0.15) is 5.10 Å². The Balaban J connectivity index is 1.16. The molecule has 9 heteroatoms. The van der Waals surface area contributed by atoms with Crippen molar-refractivity contribution in [2.45, 2.75) is 95.4 Å². The summed E-state index contributed by atoms with van der Waals surface area (Å²) in [6.45, 7) is 2.73. The van der Waals surface area contributed by atoms with Gasteiger partial charge in [-0.25, -0.2) is 18.3 Å². The number of aryl methyl sites for hydroxylation is 1. The van der Waals surface area contributed by atoms with Crippen LogP contribution in [0.4, 0.5) is 8.78 Å². The second-order valence-corrected chi connectivity index (χ2v) is 9.75. The normalized spacial score (nSPS) is 26.3. The number of hydrogen-bond donors (Lipinski definition) is 1. The Morgan fingerprint density at radius 2 is 1.76 bits per heavy atom. The summed E-state index contributed by atoms with van der Waals surface area (Å²) in [5, 5.41) is 15.1. The number of alkyl halides is 2. The number of aliphatic hydroxyl groups excluding tert-OH is 1. The van der Waals surface area contributed by atoms with Crippen LogP contribution in [0.2, 0.25) is 0 Å². The molecule has 2 aliphatic heterocycles. The van der Waals surface area contributed by atoms with E-state index in [1.165, 1.54) is 10.7 Å². The number of aliphatic hydroxyl groups is 1. The van der Waals surface area contributed by atoms with Crippen molar-refractivity contribution in [1.29, 1.82) is 0 Å². The molecule has 3 atom stereocenters. The first-order valence-corrected chi connectivity index (χ1v) is 12.0. The largest absolute Gasteiger partial charge is 0.390 e. The fourth-order valence-corrected chi connectivity index (χ4v) is 5.65. The number of ether oxygens (including phenoxy) is 1. The van der Waals surface area contributed by atoms with Gasteiger partial charge in [0.25, 0.3) is 6.43 Å². The summed E-state index contributed by atoms with van der Waals surface area (Å²) in [5.41, 5.74) is 0.452. The molecule has 1 aromatic carbocycles. The maximum atomic E-state index is 13.2. The minimum atomic E-state index is -2.50. The lowest BCUT2D eigenvalue weighted by Gasteiger charge is -2.39. The van der Waals surface area contributed by atoms with E-state index in [-0.39, 0.29) is 36.6 Å². The molecule has 5 rings (SSSR count). The van der Waals surface area contributed by atoms with Crippen molar-refractivity contribution in [1.82, 2.24) is 19.2 Å². The van der Waals surface area contributed by atoms with Crippen LogP contribution in [0, 0.1) is 6.92 Å². The molecule has 1 aromatic heterocycles. The van der Waals surface area contributed by atoms with Crippen molar-refractivity contribution in [3.05, 3.63) is 51.7 Å². The third-order valence-electron chi connectivity index (χ3n) is 7.36. The minimum Gasteiger partial charge on any atom is -0.390 e. The number of aromatic nitrogens is 3. The van der Waals surface area contributed by atoms with E-state index in [0.29, 0.717) is 30.0 Å². The highest BCUT2D eigenvalue weighted by Crippen LogP contribution is 2.38. The van der Waals surface area contributed by atoms with Gasteiger partial charge in [-0.1, -0.05) is 24.3 Å². The van der Waals surface area contributed by atoms with Gasteiger partial charge >= 0.3 is 5.69 Å². The summed E-state index contributed by atoms with van der Waals surface area (Å²) in [6, 6.07) is 7.42. The van der Waals surface area contributed by atoms with Crippen LogP contribution >= 0.6 is 0 Å². The average molecular weight is 463 g/mol. The zero-order valence-electron chi connectivity index (χ0n) is 18.9. The monoisotopic (exact) mass is 462 g/mol. The minimum absolute atomic E-state index is 0.0288. The predicted octanol–water partition coefficient (Wildman–Crippen LogP) is 3.20. The Morgan fingerprint density at radius 3 is 2.42 bits per heavy atom. The molecule has 33 heavy (non-hydrogen) atoms. The van der Waals surface area contributed by atoms with Crippen LogP contribution in [0.1, 0.15) is 67.9 Å². The molecule has 0 spiro atoms. The van der Waals surface area contributed by atoms with E-state index >= 15 is 0 Å². The molecule has 2 unspecified atom stereocenters. The van der Waals surface area contributed by atoms with E-state index < -0.39 is 12.5 Å². The molecule has 1 N–H and O–H groups in total. The van der Waals surface area contributed by atoms with Gasteiger partial charge in [0.2, 0.25) is 0 Å². The zero-order valence-corrected chi connectivity index (χ0v) is 18.9. The number of hydrogen-bond acceptors (Lipinski definition) is 5. The van der Waals surface area contributed by atoms with Crippen LogP contribution in [0.15, 0.2) is 29.1 Å². The van der Waals surface area contributed by atoms with Gasteiger partial charge in [0.1, 0.15) is 5.82 Å². The highest BCUT2D eigenvalue weighted by atomic mass is 19.3. The van der Waals surface area contributed by atoms with E-state index in [4.69, 9.17) is 4.74 Å². The lowest BCUT2D eigenvalue weighted by Crippen LogP contribution is -2.49. The third-order valence-corrected chi connectivity index (χ3v) is 7.36. The van der Waals surface area contributed by atoms with Crippen LogP contribution in [0.3, 0.4) is 0 Å². The van der Waals surface area contributed by atoms with Crippen molar-refractivity contribution < 1.29 is 18.6 Å². The van der Waals surface area contributed by atoms with Gasteiger partial charge in [-0.15, -0.1) is 0 Å². The summed E-state index contributed by atoms with van der Waals surface area (Å²) < 4.78 is 35.7. The Bertz CT molecular complexity index is 1020. The van der Waals surface area contributed by atoms with Crippen LogP contribution in [0.25, 0.3) is 0 Å². The molecule has 2 saturated heterocycles. The molecule has 0 amide bonds. The number of nitrogens with zero attached hydrogens (tertiary/aromatic N) is 4. The lowest BCUT2D eigenvalue weighted by atomic mass is 9.99. The number of rotatable bonds is 9. The Morgan fingerprint density at radius 1 is 1.09 bits per heavy atom.